The van der Waals surface area contributed by atoms with Crippen molar-refractivity contribution >= 4 is 17.7 Å². The van der Waals surface area contributed by atoms with Crippen LogP contribution in [0.15, 0.2) is 29.2 Å². The van der Waals surface area contributed by atoms with Crippen molar-refractivity contribution in [2.45, 2.75) is 10.9 Å². The quantitative estimate of drug-likeness (QED) is 0.647. The number of aliphatic carboxylic acids is 1. The average Bonchev–Trinajstić information content (AvgIpc) is 2.16. The van der Waals surface area contributed by atoms with E-state index in [1.54, 1.807) is 24.3 Å². The summed E-state index contributed by atoms with van der Waals surface area (Å²) in [5.74, 6) is -0.492. The lowest BCUT2D eigenvalue weighted by atomic mass is 10.3. The summed E-state index contributed by atoms with van der Waals surface area (Å²) in [6.07, 6.45) is 0. The lowest BCUT2D eigenvalue weighted by molar-refractivity contribution is -0.137. The second-order valence-corrected chi connectivity index (χ2v) is 3.84. The summed E-state index contributed by atoms with van der Waals surface area (Å²) in [6, 6.07) is 5.68. The van der Waals surface area contributed by atoms with E-state index in [9.17, 15) is 4.79 Å². The van der Waals surface area contributed by atoms with Crippen LogP contribution in [0, 0.1) is 0 Å². The number of hydrogen-bond donors (Lipinski definition) is 3. The molecule has 4 nitrogen and oxygen atoms in total. The Hall–Kier alpha value is -1.20. The first-order valence-corrected chi connectivity index (χ1v) is 4.98. The highest BCUT2D eigenvalue weighted by Crippen LogP contribution is 2.20. The molecular formula is C9H11NO3S. The topological polar surface area (TPSA) is 83.5 Å². The number of carboxylic acids is 1. The number of hydrogen-bond acceptors (Lipinski definition) is 4. The second-order valence-electron chi connectivity index (χ2n) is 2.75. The fourth-order valence-corrected chi connectivity index (χ4v) is 1.64. The molecule has 1 rings (SSSR count). The highest BCUT2D eigenvalue weighted by molar-refractivity contribution is 7.99. The normalized spacial score (nSPS) is 12.4. The van der Waals surface area contributed by atoms with Gasteiger partial charge in [-0.05, 0) is 24.3 Å². The van der Waals surface area contributed by atoms with Crippen molar-refractivity contribution in [3.05, 3.63) is 24.3 Å². The van der Waals surface area contributed by atoms with E-state index in [0.29, 0.717) is 5.75 Å². The van der Waals surface area contributed by atoms with E-state index in [-0.39, 0.29) is 5.75 Å². The largest absolute Gasteiger partial charge is 0.508 e. The number of carbonyl (C=O) groups is 1. The zero-order chi connectivity index (χ0) is 10.6. The smallest absolute Gasteiger partial charge is 0.321 e. The van der Waals surface area contributed by atoms with Crippen LogP contribution in [0.5, 0.6) is 5.75 Å². The van der Waals surface area contributed by atoms with Crippen LogP contribution in [0.25, 0.3) is 0 Å². The van der Waals surface area contributed by atoms with E-state index in [0.717, 1.165) is 4.90 Å². The Morgan fingerprint density at radius 3 is 2.50 bits per heavy atom. The number of phenols is 1. The molecule has 4 N–H and O–H groups in total. The van der Waals surface area contributed by atoms with Crippen LogP contribution >= 0.6 is 11.8 Å². The summed E-state index contributed by atoms with van der Waals surface area (Å²) in [5.41, 5.74) is 5.32. The monoisotopic (exact) mass is 213 g/mol. The number of rotatable bonds is 4. The Labute approximate surface area is 85.7 Å². The molecule has 0 saturated heterocycles. The molecule has 0 aliphatic rings. The average molecular weight is 213 g/mol. The maximum Gasteiger partial charge on any atom is 0.321 e. The van der Waals surface area contributed by atoms with Gasteiger partial charge in [-0.25, -0.2) is 0 Å². The van der Waals surface area contributed by atoms with Gasteiger partial charge in [-0.2, -0.15) is 0 Å². The molecule has 0 aliphatic carbocycles. The molecule has 0 spiro atoms. The number of aromatic hydroxyl groups is 1. The maximum atomic E-state index is 10.4. The number of phenolic OH excluding ortho intramolecular Hbond substituents is 1. The first kappa shape index (κ1) is 10.9. The van der Waals surface area contributed by atoms with Crippen LogP contribution < -0.4 is 5.73 Å². The molecule has 76 valence electrons. The molecule has 0 amide bonds. The van der Waals surface area contributed by atoms with Gasteiger partial charge in [0.25, 0.3) is 0 Å². The fourth-order valence-electron chi connectivity index (χ4n) is 0.800. The summed E-state index contributed by atoms with van der Waals surface area (Å²) in [6.45, 7) is 0. The van der Waals surface area contributed by atoms with Crippen LogP contribution in [-0.4, -0.2) is 28.0 Å². The maximum absolute atomic E-state index is 10.4. The van der Waals surface area contributed by atoms with Gasteiger partial charge in [0, 0.05) is 10.6 Å². The first-order valence-electron chi connectivity index (χ1n) is 4.00. The van der Waals surface area contributed by atoms with Gasteiger partial charge in [-0.15, -0.1) is 11.8 Å². The van der Waals surface area contributed by atoms with Crippen molar-refractivity contribution in [3.63, 3.8) is 0 Å². The molecule has 1 unspecified atom stereocenters. The number of carboxylic acid groups (broad SMARTS) is 1. The molecule has 0 saturated carbocycles. The van der Waals surface area contributed by atoms with Gasteiger partial charge >= 0.3 is 5.97 Å². The predicted octanol–water partition coefficient (Wildman–Crippen LogP) is 0.896. The SMILES string of the molecule is NC(CSc1ccc(O)cc1)C(=O)O. The van der Waals surface area contributed by atoms with Crippen LogP contribution in [0.3, 0.4) is 0 Å². The van der Waals surface area contributed by atoms with E-state index < -0.39 is 12.0 Å². The lowest BCUT2D eigenvalue weighted by Crippen LogP contribution is -2.32. The zero-order valence-electron chi connectivity index (χ0n) is 7.38. The predicted molar refractivity (Wildman–Crippen MR) is 54.4 cm³/mol. The van der Waals surface area contributed by atoms with Crippen LogP contribution in [-0.2, 0) is 4.79 Å². The van der Waals surface area contributed by atoms with Crippen molar-refractivity contribution in [3.8, 4) is 5.75 Å². The summed E-state index contributed by atoms with van der Waals surface area (Å²) in [7, 11) is 0. The van der Waals surface area contributed by atoms with Crippen LogP contribution in [0.2, 0.25) is 0 Å². The summed E-state index contributed by atoms with van der Waals surface area (Å²) >= 11 is 1.35. The third-order valence-corrected chi connectivity index (χ3v) is 2.71. The fraction of sp³-hybridized carbons (Fsp3) is 0.222. The number of nitrogens with two attached hydrogens (primary N) is 1. The van der Waals surface area contributed by atoms with E-state index in [1.165, 1.54) is 11.8 Å². The van der Waals surface area contributed by atoms with Gasteiger partial charge in [0.05, 0.1) is 0 Å². The van der Waals surface area contributed by atoms with Crippen LogP contribution in [0.1, 0.15) is 0 Å². The minimum Gasteiger partial charge on any atom is -0.508 e. The summed E-state index contributed by atoms with van der Waals surface area (Å²) < 4.78 is 0. The minimum absolute atomic E-state index is 0.192. The molecule has 0 fully saturated rings. The van der Waals surface area contributed by atoms with Crippen molar-refractivity contribution in [1.29, 1.82) is 0 Å². The molecule has 0 radical (unpaired) electrons. The molecule has 14 heavy (non-hydrogen) atoms. The Kier molecular flexibility index (Phi) is 3.79. The molecule has 1 aromatic carbocycles. The minimum atomic E-state index is -1.00. The van der Waals surface area contributed by atoms with Crippen molar-refractivity contribution in [1.82, 2.24) is 0 Å². The zero-order valence-corrected chi connectivity index (χ0v) is 8.20. The van der Waals surface area contributed by atoms with Crippen molar-refractivity contribution in [2.24, 2.45) is 5.73 Å². The van der Waals surface area contributed by atoms with Gasteiger partial charge in [-0.3, -0.25) is 4.79 Å². The molecule has 0 aromatic heterocycles. The Morgan fingerprint density at radius 2 is 2.00 bits per heavy atom. The standard InChI is InChI=1S/C9H11NO3S/c10-8(9(12)13)5-14-7-3-1-6(11)2-4-7/h1-4,8,11H,5,10H2,(H,12,13). The molecule has 5 heteroatoms. The van der Waals surface area contributed by atoms with Gasteiger partial charge in [0.15, 0.2) is 0 Å². The van der Waals surface area contributed by atoms with Gasteiger partial charge in [-0.1, -0.05) is 0 Å². The molecule has 1 atom stereocenters. The van der Waals surface area contributed by atoms with E-state index in [1.807, 2.05) is 0 Å². The van der Waals surface area contributed by atoms with Gasteiger partial charge in [0.2, 0.25) is 0 Å². The third-order valence-electron chi connectivity index (χ3n) is 1.58. The summed E-state index contributed by atoms with van der Waals surface area (Å²) in [4.78, 5) is 11.3. The number of benzene rings is 1. The number of thioether (sulfide) groups is 1. The summed E-state index contributed by atoms with van der Waals surface area (Å²) in [5, 5.41) is 17.5. The van der Waals surface area contributed by atoms with Crippen LogP contribution in [0.4, 0.5) is 0 Å². The first-order chi connectivity index (χ1) is 6.59. The van der Waals surface area contributed by atoms with E-state index in [4.69, 9.17) is 15.9 Å². The highest BCUT2D eigenvalue weighted by atomic mass is 32.2. The van der Waals surface area contributed by atoms with Gasteiger partial charge in [0.1, 0.15) is 11.8 Å². The van der Waals surface area contributed by atoms with Gasteiger partial charge < -0.3 is 15.9 Å². The lowest BCUT2D eigenvalue weighted by Gasteiger charge is -2.05. The van der Waals surface area contributed by atoms with E-state index in [2.05, 4.69) is 0 Å². The Balaban J connectivity index is 2.46. The Bertz CT molecular complexity index is 312. The highest BCUT2D eigenvalue weighted by Gasteiger charge is 2.11. The van der Waals surface area contributed by atoms with Crippen molar-refractivity contribution < 1.29 is 15.0 Å². The second kappa shape index (κ2) is 4.88. The molecule has 1 aromatic rings. The van der Waals surface area contributed by atoms with E-state index >= 15 is 0 Å². The third kappa shape index (κ3) is 3.27. The van der Waals surface area contributed by atoms with Crippen molar-refractivity contribution in [2.75, 3.05) is 5.75 Å². The molecular weight excluding hydrogens is 202 g/mol. The Morgan fingerprint density at radius 1 is 1.43 bits per heavy atom. The molecule has 0 heterocycles. The molecule has 0 aliphatic heterocycles. The molecule has 0 bridgehead atoms.